The molecule has 1 heteroatoms. The number of allylic oxidation sites excluding steroid dienone is 1. The highest BCUT2D eigenvalue weighted by Gasteiger charge is 2.43. The predicted octanol–water partition coefficient (Wildman–Crippen LogP) is 10.3. The molecule has 0 saturated heterocycles. The van der Waals surface area contributed by atoms with Crippen molar-refractivity contribution in [2.45, 2.75) is 105 Å². The second-order valence-corrected chi connectivity index (χ2v) is 13.2. The second-order valence-electron chi connectivity index (χ2n) is 13.2. The van der Waals surface area contributed by atoms with Crippen LogP contribution in [0.15, 0.2) is 49.0 Å². The van der Waals surface area contributed by atoms with E-state index in [-0.39, 0.29) is 11.2 Å². The molecule has 2 fully saturated rings. The lowest BCUT2D eigenvalue weighted by molar-refractivity contribution is 0.0608. The molecule has 0 bridgehead atoms. The van der Waals surface area contributed by atoms with E-state index >= 15 is 0 Å². The van der Waals surface area contributed by atoms with Gasteiger partial charge in [0.1, 0.15) is 5.82 Å². The van der Waals surface area contributed by atoms with Crippen molar-refractivity contribution in [2.75, 3.05) is 0 Å². The van der Waals surface area contributed by atoms with E-state index in [1.807, 2.05) is 6.07 Å². The number of halogens is 1. The third-order valence-electron chi connectivity index (χ3n) is 8.95. The van der Waals surface area contributed by atoms with Crippen LogP contribution in [0.25, 0.3) is 5.57 Å². The van der Waals surface area contributed by atoms with Gasteiger partial charge in [0.2, 0.25) is 0 Å². The summed E-state index contributed by atoms with van der Waals surface area (Å²) in [5.41, 5.74) is 6.45. The second kappa shape index (κ2) is 10.6. The number of rotatable bonds is 6. The zero-order valence-electron chi connectivity index (χ0n) is 22.9. The molecule has 0 radical (unpaired) electrons. The highest BCUT2D eigenvalue weighted by Crippen LogP contribution is 2.56. The molecule has 4 rings (SSSR count). The van der Waals surface area contributed by atoms with Gasteiger partial charge in [-0.3, -0.25) is 0 Å². The predicted molar refractivity (Wildman–Crippen MR) is 149 cm³/mol. The maximum absolute atomic E-state index is 14.9. The molecule has 0 aliphatic heterocycles. The number of hydrogen-bond acceptors (Lipinski definition) is 0. The average Bonchev–Trinajstić information content (AvgIpc) is 2.80. The van der Waals surface area contributed by atoms with Gasteiger partial charge in [-0.15, -0.1) is 0 Å². The molecule has 2 aliphatic rings. The van der Waals surface area contributed by atoms with Crippen LogP contribution in [0.2, 0.25) is 0 Å². The highest BCUT2D eigenvalue weighted by atomic mass is 19.1. The van der Waals surface area contributed by atoms with E-state index in [4.69, 9.17) is 0 Å². The SMILES string of the molecule is C=C(c1ccc(CC(C)(C)C)c(F)c1)C1CCC2(CC1)CC(CCC)CC(c1ccc(C)cc1)C2. The molecule has 0 aromatic heterocycles. The van der Waals surface area contributed by atoms with Gasteiger partial charge in [0.15, 0.2) is 0 Å². The number of hydrogen-bond donors (Lipinski definition) is 0. The van der Waals surface area contributed by atoms with Gasteiger partial charge in [0, 0.05) is 0 Å². The van der Waals surface area contributed by atoms with Crippen molar-refractivity contribution in [1.82, 2.24) is 0 Å². The molecule has 0 N–H and O–H groups in total. The summed E-state index contributed by atoms with van der Waals surface area (Å²) in [6.07, 6.45) is 12.5. The lowest BCUT2D eigenvalue weighted by atomic mass is 9.56. The van der Waals surface area contributed by atoms with Gasteiger partial charge in [-0.2, -0.15) is 0 Å². The van der Waals surface area contributed by atoms with Crippen LogP contribution in [0.5, 0.6) is 0 Å². The van der Waals surface area contributed by atoms with Crippen molar-refractivity contribution in [3.8, 4) is 0 Å². The Kier molecular flexibility index (Phi) is 7.94. The van der Waals surface area contributed by atoms with Crippen LogP contribution in [0.4, 0.5) is 4.39 Å². The highest BCUT2D eigenvalue weighted by molar-refractivity contribution is 5.65. The summed E-state index contributed by atoms with van der Waals surface area (Å²) in [5.74, 6) is 1.97. The molecule has 2 aromatic carbocycles. The monoisotopic (exact) mass is 474 g/mol. The first-order valence-corrected chi connectivity index (χ1v) is 14.1. The van der Waals surface area contributed by atoms with Crippen molar-refractivity contribution in [3.63, 3.8) is 0 Å². The summed E-state index contributed by atoms with van der Waals surface area (Å²) < 4.78 is 14.9. The van der Waals surface area contributed by atoms with Crippen LogP contribution in [-0.2, 0) is 6.42 Å². The molecule has 190 valence electrons. The lowest BCUT2D eigenvalue weighted by Crippen LogP contribution is -2.36. The summed E-state index contributed by atoms with van der Waals surface area (Å²) in [5, 5.41) is 0. The Labute approximate surface area is 214 Å². The normalized spacial score (nSPS) is 27.2. The van der Waals surface area contributed by atoms with E-state index in [0.29, 0.717) is 17.3 Å². The molecule has 2 atom stereocenters. The van der Waals surface area contributed by atoms with Crippen LogP contribution in [0.1, 0.15) is 114 Å². The Morgan fingerprint density at radius 1 is 1.03 bits per heavy atom. The summed E-state index contributed by atoms with van der Waals surface area (Å²) in [4.78, 5) is 0. The zero-order chi connectivity index (χ0) is 25.2. The topological polar surface area (TPSA) is 0 Å². The fraction of sp³-hybridized carbons (Fsp3) is 0.588. The van der Waals surface area contributed by atoms with Crippen LogP contribution < -0.4 is 0 Å². The number of aryl methyl sites for hydroxylation is 1. The molecule has 2 saturated carbocycles. The Hall–Kier alpha value is -1.89. The molecular weight excluding hydrogens is 427 g/mol. The minimum absolute atomic E-state index is 0.0681. The average molecular weight is 475 g/mol. The van der Waals surface area contributed by atoms with Crippen LogP contribution in [-0.4, -0.2) is 0 Å². The Morgan fingerprint density at radius 3 is 2.31 bits per heavy atom. The van der Waals surface area contributed by atoms with E-state index < -0.39 is 0 Å². The maximum atomic E-state index is 14.9. The fourth-order valence-corrected chi connectivity index (χ4v) is 7.19. The van der Waals surface area contributed by atoms with Crippen LogP contribution >= 0.6 is 0 Å². The van der Waals surface area contributed by atoms with Gasteiger partial charge in [0.05, 0.1) is 0 Å². The van der Waals surface area contributed by atoms with Crippen molar-refractivity contribution >= 4 is 5.57 Å². The van der Waals surface area contributed by atoms with Crippen molar-refractivity contribution in [3.05, 3.63) is 77.1 Å². The first kappa shape index (κ1) is 26.2. The molecule has 35 heavy (non-hydrogen) atoms. The van der Waals surface area contributed by atoms with Gasteiger partial charge in [0.25, 0.3) is 0 Å². The first-order chi connectivity index (χ1) is 16.6. The smallest absolute Gasteiger partial charge is 0.127 e. The summed E-state index contributed by atoms with van der Waals surface area (Å²) >= 11 is 0. The lowest BCUT2D eigenvalue weighted by Gasteiger charge is -2.49. The van der Waals surface area contributed by atoms with Gasteiger partial charge < -0.3 is 0 Å². The Bertz CT molecular complexity index is 998. The fourth-order valence-electron chi connectivity index (χ4n) is 7.19. The molecule has 1 spiro atoms. The van der Waals surface area contributed by atoms with E-state index in [1.54, 1.807) is 11.6 Å². The summed E-state index contributed by atoms with van der Waals surface area (Å²) in [6, 6.07) is 15.2. The first-order valence-electron chi connectivity index (χ1n) is 14.1. The molecule has 2 aliphatic carbocycles. The third-order valence-corrected chi connectivity index (χ3v) is 8.95. The molecule has 0 amide bonds. The van der Waals surface area contributed by atoms with Crippen LogP contribution in [0.3, 0.4) is 0 Å². The maximum Gasteiger partial charge on any atom is 0.127 e. The zero-order valence-corrected chi connectivity index (χ0v) is 22.9. The summed E-state index contributed by atoms with van der Waals surface area (Å²) in [6.45, 7) is 15.5. The minimum atomic E-state index is -0.0681. The molecular formula is C34H47F. The van der Waals surface area contributed by atoms with E-state index in [9.17, 15) is 4.39 Å². The van der Waals surface area contributed by atoms with Gasteiger partial charge >= 0.3 is 0 Å². The Balaban J connectivity index is 1.44. The van der Waals surface area contributed by atoms with Crippen molar-refractivity contribution < 1.29 is 4.39 Å². The molecule has 0 heterocycles. The Morgan fingerprint density at radius 2 is 1.71 bits per heavy atom. The van der Waals surface area contributed by atoms with Crippen LogP contribution in [0, 0.1) is 35.4 Å². The summed E-state index contributed by atoms with van der Waals surface area (Å²) in [7, 11) is 0. The van der Waals surface area contributed by atoms with Crippen molar-refractivity contribution in [1.29, 1.82) is 0 Å². The molecule has 2 unspecified atom stereocenters. The van der Waals surface area contributed by atoms with Gasteiger partial charge in [-0.05, 0) is 115 Å². The molecule has 2 aromatic rings. The van der Waals surface area contributed by atoms with E-state index in [2.05, 4.69) is 71.5 Å². The number of benzene rings is 2. The van der Waals surface area contributed by atoms with E-state index in [1.165, 1.54) is 63.4 Å². The molecule has 0 nitrogen and oxygen atoms in total. The standard InChI is InChI=1S/C34H47F/c1-7-8-26-19-31(28-11-9-24(2)10-12-28)23-34(21-26)17-15-27(16-18-34)25(3)29-13-14-30(32(35)20-29)22-33(4,5)6/h9-14,20,26-27,31H,3,7-8,15-19,21-23H2,1-2,4-6H3. The van der Waals surface area contributed by atoms with E-state index in [0.717, 1.165) is 29.0 Å². The minimum Gasteiger partial charge on any atom is -0.207 e. The van der Waals surface area contributed by atoms with Gasteiger partial charge in [-0.1, -0.05) is 89.1 Å². The van der Waals surface area contributed by atoms with Crippen molar-refractivity contribution in [2.24, 2.45) is 22.7 Å². The third kappa shape index (κ3) is 6.46. The van der Waals surface area contributed by atoms with Gasteiger partial charge in [-0.25, -0.2) is 4.39 Å². The quantitative estimate of drug-likeness (QED) is 0.390. The largest absolute Gasteiger partial charge is 0.207 e.